The maximum absolute atomic E-state index is 13.9. The van der Waals surface area contributed by atoms with E-state index in [2.05, 4.69) is 0 Å². The zero-order valence-corrected chi connectivity index (χ0v) is 10.7. The number of ether oxygens (including phenoxy) is 1. The zero-order chi connectivity index (χ0) is 14.0. The third-order valence-corrected chi connectivity index (χ3v) is 3.84. The lowest BCUT2D eigenvalue weighted by Gasteiger charge is -2.27. The van der Waals surface area contributed by atoms with Crippen molar-refractivity contribution in [3.8, 4) is 5.75 Å². The van der Waals surface area contributed by atoms with Crippen molar-refractivity contribution in [1.82, 2.24) is 0 Å². The minimum Gasteiger partial charge on any atom is -0.493 e. The molecule has 19 heavy (non-hydrogen) atoms. The molecular formula is C14H16F2O3. The van der Waals surface area contributed by atoms with Crippen molar-refractivity contribution in [2.24, 2.45) is 0 Å². The van der Waals surface area contributed by atoms with Gasteiger partial charge in [0.05, 0.1) is 12.5 Å². The number of hydrogen-bond acceptors (Lipinski definition) is 2. The van der Waals surface area contributed by atoms with Gasteiger partial charge in [-0.15, -0.1) is 0 Å². The fraction of sp³-hybridized carbons (Fsp3) is 0.500. The number of carboxylic acids is 1. The number of carboxylic acid groups (broad SMARTS) is 1. The van der Waals surface area contributed by atoms with Gasteiger partial charge in [0.1, 0.15) is 6.67 Å². The van der Waals surface area contributed by atoms with E-state index in [1.54, 1.807) is 0 Å². The number of rotatable bonds is 4. The van der Waals surface area contributed by atoms with Gasteiger partial charge in [0.15, 0.2) is 11.6 Å². The summed E-state index contributed by atoms with van der Waals surface area (Å²) < 4.78 is 31.7. The fourth-order valence-corrected chi connectivity index (χ4v) is 2.87. The molecular weight excluding hydrogens is 254 g/mol. The summed E-state index contributed by atoms with van der Waals surface area (Å²) in [6.45, 7) is -0.830. The normalized spacial score (nSPS) is 17.4. The van der Waals surface area contributed by atoms with Crippen LogP contribution in [-0.2, 0) is 16.9 Å². The van der Waals surface area contributed by atoms with Gasteiger partial charge in [0.25, 0.3) is 0 Å². The predicted octanol–water partition coefficient (Wildman–Crippen LogP) is 3.20. The van der Waals surface area contributed by atoms with E-state index >= 15 is 0 Å². The van der Waals surface area contributed by atoms with Gasteiger partial charge in [-0.05, 0) is 30.5 Å². The molecule has 1 aliphatic rings. The Morgan fingerprint density at radius 1 is 1.42 bits per heavy atom. The Labute approximate surface area is 110 Å². The molecule has 0 aliphatic heterocycles. The highest BCUT2D eigenvalue weighted by molar-refractivity contribution is 5.83. The van der Waals surface area contributed by atoms with Crippen LogP contribution in [-0.4, -0.2) is 18.2 Å². The molecule has 5 heteroatoms. The van der Waals surface area contributed by atoms with Crippen molar-refractivity contribution >= 4 is 5.97 Å². The van der Waals surface area contributed by atoms with E-state index in [-0.39, 0.29) is 16.9 Å². The molecule has 1 N–H and O–H groups in total. The lowest BCUT2D eigenvalue weighted by atomic mass is 9.77. The molecule has 0 amide bonds. The summed E-state index contributed by atoms with van der Waals surface area (Å²) in [5, 5.41) is 9.52. The monoisotopic (exact) mass is 270 g/mol. The van der Waals surface area contributed by atoms with Gasteiger partial charge in [0, 0.05) is 5.56 Å². The topological polar surface area (TPSA) is 46.5 Å². The quantitative estimate of drug-likeness (QED) is 0.913. The summed E-state index contributed by atoms with van der Waals surface area (Å²) in [7, 11) is 1.29. The number of halogens is 2. The summed E-state index contributed by atoms with van der Waals surface area (Å²) in [5.74, 6) is -1.79. The molecule has 0 radical (unpaired) electrons. The second-order valence-corrected chi connectivity index (χ2v) is 4.89. The molecule has 1 aromatic rings. The molecule has 0 atom stereocenters. The summed E-state index contributed by atoms with van der Waals surface area (Å²) >= 11 is 0. The molecule has 0 heterocycles. The van der Waals surface area contributed by atoms with Crippen molar-refractivity contribution < 1.29 is 23.4 Å². The third-order valence-electron chi connectivity index (χ3n) is 3.84. The second-order valence-electron chi connectivity index (χ2n) is 4.89. The Kier molecular flexibility index (Phi) is 3.73. The van der Waals surface area contributed by atoms with Crippen LogP contribution in [0.25, 0.3) is 0 Å². The number of hydrogen-bond donors (Lipinski definition) is 1. The van der Waals surface area contributed by atoms with Gasteiger partial charge in [-0.25, -0.2) is 8.78 Å². The van der Waals surface area contributed by atoms with Crippen LogP contribution in [0.2, 0.25) is 0 Å². The Morgan fingerprint density at radius 3 is 2.53 bits per heavy atom. The van der Waals surface area contributed by atoms with Crippen LogP contribution in [0, 0.1) is 5.82 Å². The van der Waals surface area contributed by atoms with Gasteiger partial charge < -0.3 is 9.84 Å². The number of methoxy groups -OCH3 is 1. The Bertz CT molecular complexity index is 494. The number of alkyl halides is 1. The lowest BCUT2D eigenvalue weighted by molar-refractivity contribution is -0.143. The minimum absolute atomic E-state index is 0.0819. The highest BCUT2D eigenvalue weighted by Crippen LogP contribution is 2.46. The standard InChI is InChI=1S/C14H16F2O3/c1-19-12-10(6-9(8-15)7-11(12)16)14(13(17)18)4-2-3-5-14/h6-7H,2-5,8H2,1H3,(H,17,18). The van der Waals surface area contributed by atoms with Crippen LogP contribution < -0.4 is 4.74 Å². The molecule has 104 valence electrons. The average molecular weight is 270 g/mol. The van der Waals surface area contributed by atoms with Gasteiger partial charge in [-0.3, -0.25) is 4.79 Å². The first-order valence-corrected chi connectivity index (χ1v) is 6.21. The van der Waals surface area contributed by atoms with E-state index in [0.717, 1.165) is 18.9 Å². The highest BCUT2D eigenvalue weighted by atomic mass is 19.1. The first kappa shape index (κ1) is 13.8. The first-order chi connectivity index (χ1) is 9.05. The van der Waals surface area contributed by atoms with Crippen LogP contribution in [0.4, 0.5) is 8.78 Å². The van der Waals surface area contributed by atoms with Crippen molar-refractivity contribution in [2.45, 2.75) is 37.8 Å². The van der Waals surface area contributed by atoms with E-state index in [0.29, 0.717) is 12.8 Å². The number of carbonyl (C=O) groups is 1. The zero-order valence-electron chi connectivity index (χ0n) is 10.7. The average Bonchev–Trinajstić information content (AvgIpc) is 2.88. The van der Waals surface area contributed by atoms with Gasteiger partial charge in [0.2, 0.25) is 0 Å². The summed E-state index contributed by atoms with van der Waals surface area (Å²) in [5.41, 5.74) is -0.759. The van der Waals surface area contributed by atoms with Crippen molar-refractivity contribution in [1.29, 1.82) is 0 Å². The first-order valence-electron chi connectivity index (χ1n) is 6.21. The SMILES string of the molecule is COc1c(F)cc(CF)cc1C1(C(=O)O)CCCC1. The van der Waals surface area contributed by atoms with E-state index in [4.69, 9.17) is 4.74 Å². The van der Waals surface area contributed by atoms with Crippen LogP contribution in [0.1, 0.15) is 36.8 Å². The van der Waals surface area contributed by atoms with E-state index in [1.807, 2.05) is 0 Å². The maximum atomic E-state index is 13.9. The molecule has 0 saturated heterocycles. The molecule has 0 spiro atoms. The van der Waals surface area contributed by atoms with Gasteiger partial charge in [-0.2, -0.15) is 0 Å². The lowest BCUT2D eigenvalue weighted by Crippen LogP contribution is -2.33. The molecule has 0 bridgehead atoms. The Balaban J connectivity index is 2.64. The summed E-state index contributed by atoms with van der Waals surface area (Å²) in [4.78, 5) is 11.6. The third kappa shape index (κ3) is 2.17. The fourth-order valence-electron chi connectivity index (χ4n) is 2.87. The predicted molar refractivity (Wildman–Crippen MR) is 65.5 cm³/mol. The Morgan fingerprint density at radius 2 is 2.05 bits per heavy atom. The van der Waals surface area contributed by atoms with E-state index < -0.39 is 23.9 Å². The van der Waals surface area contributed by atoms with Crippen LogP contribution >= 0.6 is 0 Å². The maximum Gasteiger partial charge on any atom is 0.314 e. The molecule has 1 saturated carbocycles. The smallest absolute Gasteiger partial charge is 0.314 e. The molecule has 0 unspecified atom stereocenters. The highest BCUT2D eigenvalue weighted by Gasteiger charge is 2.45. The van der Waals surface area contributed by atoms with Crippen LogP contribution in [0.3, 0.4) is 0 Å². The van der Waals surface area contributed by atoms with Gasteiger partial charge >= 0.3 is 5.97 Å². The molecule has 1 aromatic carbocycles. The minimum atomic E-state index is -1.16. The molecule has 1 fully saturated rings. The van der Waals surface area contributed by atoms with Crippen molar-refractivity contribution in [3.63, 3.8) is 0 Å². The largest absolute Gasteiger partial charge is 0.493 e. The van der Waals surface area contributed by atoms with E-state index in [1.165, 1.54) is 13.2 Å². The summed E-state index contributed by atoms with van der Waals surface area (Å²) in [6.07, 6.45) is 2.37. The number of benzene rings is 1. The van der Waals surface area contributed by atoms with Crippen molar-refractivity contribution in [3.05, 3.63) is 29.1 Å². The molecule has 2 rings (SSSR count). The van der Waals surface area contributed by atoms with Crippen LogP contribution in [0.15, 0.2) is 12.1 Å². The van der Waals surface area contributed by atoms with Gasteiger partial charge in [-0.1, -0.05) is 12.8 Å². The molecule has 0 aromatic heterocycles. The number of aliphatic carboxylic acids is 1. The molecule has 3 nitrogen and oxygen atoms in total. The van der Waals surface area contributed by atoms with Crippen LogP contribution in [0.5, 0.6) is 5.75 Å². The Hall–Kier alpha value is -1.65. The van der Waals surface area contributed by atoms with Crippen molar-refractivity contribution in [2.75, 3.05) is 7.11 Å². The van der Waals surface area contributed by atoms with E-state index in [9.17, 15) is 18.7 Å². The summed E-state index contributed by atoms with van der Waals surface area (Å²) in [6, 6.07) is 2.47. The molecule has 1 aliphatic carbocycles. The second kappa shape index (κ2) is 5.15.